The number of carbonyl (C=O) groups is 1. The van der Waals surface area contributed by atoms with Gasteiger partial charge in [-0.25, -0.2) is 0 Å². The monoisotopic (exact) mass is 372 g/mol. The second kappa shape index (κ2) is 6.99. The van der Waals surface area contributed by atoms with Crippen LogP contribution in [0.15, 0.2) is 70.8 Å². The second-order valence-corrected chi connectivity index (χ2v) is 7.53. The normalized spacial score (nSPS) is 10.6. The highest BCUT2D eigenvalue weighted by atomic mass is 79.9. The van der Waals surface area contributed by atoms with Gasteiger partial charge in [0.15, 0.2) is 12.4 Å². The number of rotatable bonds is 5. The van der Waals surface area contributed by atoms with E-state index in [2.05, 4.69) is 52.3 Å². The number of Topliss-reactive ketones (excluding diaryl/α,β-unsaturated/α-hetero) is 1. The molecule has 22 heavy (non-hydrogen) atoms. The Balaban J connectivity index is 1.65. The third-order valence-corrected chi connectivity index (χ3v) is 5.05. The number of aromatic nitrogens is 1. The standard InChI is InChI=1S/C18H15BrNOS/c19-18-7-6-17(22-18)16(21)13-20-10-8-15(9-11-20)12-14-4-2-1-3-5-14/h1-11H,12-13H2/q+1. The van der Waals surface area contributed by atoms with Crippen LogP contribution in [0.25, 0.3) is 0 Å². The molecule has 3 rings (SSSR count). The average Bonchev–Trinajstić information content (AvgIpc) is 2.97. The summed E-state index contributed by atoms with van der Waals surface area (Å²) in [6, 6.07) is 18.3. The predicted octanol–water partition coefficient (Wildman–Crippen LogP) is 4.27. The fraction of sp³-hybridized carbons (Fsp3) is 0.111. The topological polar surface area (TPSA) is 20.9 Å². The first kappa shape index (κ1) is 15.1. The van der Waals surface area contributed by atoms with Crippen LogP contribution in [0.2, 0.25) is 0 Å². The summed E-state index contributed by atoms with van der Waals surface area (Å²) in [5.41, 5.74) is 2.54. The van der Waals surface area contributed by atoms with E-state index in [1.165, 1.54) is 22.5 Å². The SMILES string of the molecule is O=C(C[n+]1ccc(Cc2ccccc2)cc1)c1ccc(Br)s1. The Morgan fingerprint density at radius 2 is 1.64 bits per heavy atom. The lowest BCUT2D eigenvalue weighted by molar-refractivity contribution is -0.683. The molecule has 0 aliphatic rings. The molecule has 0 unspecified atom stereocenters. The number of nitrogens with zero attached hydrogens (tertiary/aromatic N) is 1. The molecule has 0 aliphatic carbocycles. The Morgan fingerprint density at radius 3 is 2.27 bits per heavy atom. The zero-order valence-corrected chi connectivity index (χ0v) is 14.3. The smallest absolute Gasteiger partial charge is 0.237 e. The van der Waals surface area contributed by atoms with Crippen LogP contribution in [0.5, 0.6) is 0 Å². The van der Waals surface area contributed by atoms with E-state index in [0.717, 1.165) is 15.1 Å². The van der Waals surface area contributed by atoms with Crippen LogP contribution in [-0.4, -0.2) is 5.78 Å². The first-order chi connectivity index (χ1) is 10.7. The van der Waals surface area contributed by atoms with Crippen LogP contribution in [0.3, 0.4) is 0 Å². The number of hydrogen-bond donors (Lipinski definition) is 0. The molecule has 0 saturated heterocycles. The first-order valence-electron chi connectivity index (χ1n) is 7.01. The number of hydrogen-bond acceptors (Lipinski definition) is 2. The highest BCUT2D eigenvalue weighted by molar-refractivity contribution is 9.11. The fourth-order valence-corrected chi connectivity index (χ4v) is 3.57. The molecule has 0 amide bonds. The van der Waals surface area contributed by atoms with Gasteiger partial charge in [-0.15, -0.1) is 11.3 Å². The summed E-state index contributed by atoms with van der Waals surface area (Å²) in [6.07, 6.45) is 4.85. The van der Waals surface area contributed by atoms with Crippen LogP contribution < -0.4 is 4.57 Å². The largest absolute Gasteiger partial charge is 0.286 e. The van der Waals surface area contributed by atoms with Gasteiger partial charge in [0.2, 0.25) is 12.3 Å². The summed E-state index contributed by atoms with van der Waals surface area (Å²) < 4.78 is 2.91. The van der Waals surface area contributed by atoms with Crippen molar-refractivity contribution >= 4 is 33.0 Å². The molecule has 4 heteroatoms. The number of pyridine rings is 1. The Kier molecular flexibility index (Phi) is 4.80. The molecular weight excluding hydrogens is 358 g/mol. The highest BCUT2D eigenvalue weighted by Gasteiger charge is 2.14. The van der Waals surface area contributed by atoms with Crippen molar-refractivity contribution in [1.29, 1.82) is 0 Å². The van der Waals surface area contributed by atoms with Crippen LogP contribution >= 0.6 is 27.3 Å². The molecule has 0 fully saturated rings. The van der Waals surface area contributed by atoms with E-state index < -0.39 is 0 Å². The molecule has 0 bridgehead atoms. The van der Waals surface area contributed by atoms with Crippen LogP contribution in [-0.2, 0) is 13.0 Å². The molecule has 0 radical (unpaired) electrons. The summed E-state index contributed by atoms with van der Waals surface area (Å²) in [4.78, 5) is 13.0. The van der Waals surface area contributed by atoms with Gasteiger partial charge in [0.25, 0.3) is 0 Å². The van der Waals surface area contributed by atoms with Crippen LogP contribution in [0.1, 0.15) is 20.8 Å². The van der Waals surface area contributed by atoms with Crippen LogP contribution in [0, 0.1) is 0 Å². The molecule has 2 nitrogen and oxygen atoms in total. The Labute approximate surface area is 142 Å². The van der Waals surface area contributed by atoms with Crippen molar-refractivity contribution in [2.75, 3.05) is 0 Å². The van der Waals surface area contributed by atoms with Gasteiger partial charge in [-0.2, -0.15) is 4.57 Å². The lowest BCUT2D eigenvalue weighted by Crippen LogP contribution is -2.36. The van der Waals surface area contributed by atoms with E-state index >= 15 is 0 Å². The number of thiophene rings is 1. The number of ketones is 1. The summed E-state index contributed by atoms with van der Waals surface area (Å²) in [5, 5.41) is 0. The van der Waals surface area contributed by atoms with Gasteiger partial charge in [0, 0.05) is 12.1 Å². The van der Waals surface area contributed by atoms with Crippen molar-refractivity contribution < 1.29 is 9.36 Å². The van der Waals surface area contributed by atoms with Gasteiger partial charge in [0.1, 0.15) is 0 Å². The highest BCUT2D eigenvalue weighted by Crippen LogP contribution is 2.22. The van der Waals surface area contributed by atoms with E-state index in [-0.39, 0.29) is 5.78 Å². The number of benzene rings is 1. The van der Waals surface area contributed by atoms with Gasteiger partial charge >= 0.3 is 0 Å². The maximum atomic E-state index is 12.2. The minimum absolute atomic E-state index is 0.136. The maximum absolute atomic E-state index is 12.2. The summed E-state index contributed by atoms with van der Waals surface area (Å²) in [6.45, 7) is 0.374. The fourth-order valence-electron chi connectivity index (χ4n) is 2.25. The minimum Gasteiger partial charge on any atom is -0.286 e. The van der Waals surface area contributed by atoms with E-state index in [9.17, 15) is 4.79 Å². The summed E-state index contributed by atoms with van der Waals surface area (Å²) in [7, 11) is 0. The summed E-state index contributed by atoms with van der Waals surface area (Å²) >= 11 is 4.86. The Bertz CT molecular complexity index is 765. The van der Waals surface area contributed by atoms with Gasteiger partial charge in [-0.1, -0.05) is 30.3 Å². The molecule has 2 heterocycles. The molecule has 0 N–H and O–H groups in total. The molecule has 3 aromatic rings. The third-order valence-electron chi connectivity index (χ3n) is 3.39. The average molecular weight is 373 g/mol. The Morgan fingerprint density at radius 1 is 0.955 bits per heavy atom. The molecule has 0 aliphatic heterocycles. The van der Waals surface area contributed by atoms with Crippen LogP contribution in [0.4, 0.5) is 0 Å². The van der Waals surface area contributed by atoms with Gasteiger partial charge in [-0.3, -0.25) is 4.79 Å². The summed E-state index contributed by atoms with van der Waals surface area (Å²) in [5.74, 6) is 0.136. The zero-order valence-electron chi connectivity index (χ0n) is 11.9. The van der Waals surface area contributed by atoms with E-state index in [1.807, 2.05) is 35.2 Å². The maximum Gasteiger partial charge on any atom is 0.237 e. The molecule has 0 spiro atoms. The van der Waals surface area contributed by atoms with Crippen molar-refractivity contribution in [2.24, 2.45) is 0 Å². The van der Waals surface area contributed by atoms with Crippen molar-refractivity contribution in [1.82, 2.24) is 0 Å². The van der Waals surface area contributed by atoms with Crippen molar-refractivity contribution in [3.05, 3.63) is 86.8 Å². The quantitative estimate of drug-likeness (QED) is 0.483. The molecule has 0 saturated carbocycles. The van der Waals surface area contributed by atoms with Gasteiger partial charge in [0.05, 0.1) is 8.66 Å². The van der Waals surface area contributed by atoms with E-state index in [1.54, 1.807) is 0 Å². The Hall–Kier alpha value is -1.78. The van der Waals surface area contributed by atoms with Gasteiger partial charge in [-0.05, 0) is 45.6 Å². The molecular formula is C18H15BrNOS+. The van der Waals surface area contributed by atoms with E-state index in [4.69, 9.17) is 0 Å². The third kappa shape index (κ3) is 3.90. The minimum atomic E-state index is 0.136. The van der Waals surface area contributed by atoms with E-state index in [0.29, 0.717) is 6.54 Å². The number of halogens is 1. The molecule has 1 aromatic carbocycles. The first-order valence-corrected chi connectivity index (χ1v) is 8.62. The molecule has 0 atom stereocenters. The molecule has 110 valence electrons. The lowest BCUT2D eigenvalue weighted by atomic mass is 10.1. The predicted molar refractivity (Wildman–Crippen MR) is 92.2 cm³/mol. The zero-order chi connectivity index (χ0) is 15.4. The second-order valence-electron chi connectivity index (χ2n) is 5.07. The van der Waals surface area contributed by atoms with Gasteiger partial charge < -0.3 is 0 Å². The van der Waals surface area contributed by atoms with Crippen molar-refractivity contribution in [3.8, 4) is 0 Å². The van der Waals surface area contributed by atoms with Crippen molar-refractivity contribution in [2.45, 2.75) is 13.0 Å². The lowest BCUT2D eigenvalue weighted by Gasteiger charge is -2.01. The molecule has 2 aromatic heterocycles. The number of carbonyl (C=O) groups excluding carboxylic acids is 1. The van der Waals surface area contributed by atoms with Crippen molar-refractivity contribution in [3.63, 3.8) is 0 Å².